The van der Waals surface area contributed by atoms with E-state index in [2.05, 4.69) is 21.8 Å². The number of aromatic nitrogens is 2. The van der Waals surface area contributed by atoms with Crippen LogP contribution in [-0.4, -0.2) is 36.0 Å². The summed E-state index contributed by atoms with van der Waals surface area (Å²) in [6, 6.07) is 11.8. The first-order valence-electron chi connectivity index (χ1n) is 8.06. The highest BCUT2D eigenvalue weighted by Gasteiger charge is 2.31. The second-order valence-electron chi connectivity index (χ2n) is 5.96. The van der Waals surface area contributed by atoms with Crippen LogP contribution < -0.4 is 9.80 Å². The van der Waals surface area contributed by atoms with Gasteiger partial charge in [0.2, 0.25) is 5.91 Å². The molecule has 23 heavy (non-hydrogen) atoms. The number of hydrogen-bond donors (Lipinski definition) is 0. The summed E-state index contributed by atoms with van der Waals surface area (Å²) in [6.07, 6.45) is 3.10. The molecule has 0 saturated carbocycles. The van der Waals surface area contributed by atoms with Crippen molar-refractivity contribution < 1.29 is 4.79 Å². The molecule has 1 fully saturated rings. The van der Waals surface area contributed by atoms with E-state index < -0.39 is 0 Å². The van der Waals surface area contributed by atoms with Crippen LogP contribution in [0.2, 0.25) is 0 Å². The van der Waals surface area contributed by atoms with Gasteiger partial charge in [-0.15, -0.1) is 0 Å². The van der Waals surface area contributed by atoms with Crippen molar-refractivity contribution >= 4 is 17.4 Å². The molecule has 1 aliphatic rings. The van der Waals surface area contributed by atoms with Crippen molar-refractivity contribution in [1.29, 1.82) is 0 Å². The molecule has 0 unspecified atom stereocenters. The lowest BCUT2D eigenvalue weighted by atomic mass is 10.0. The molecule has 1 amide bonds. The van der Waals surface area contributed by atoms with Gasteiger partial charge in [-0.2, -0.15) is 0 Å². The van der Waals surface area contributed by atoms with Gasteiger partial charge in [0.1, 0.15) is 11.6 Å². The van der Waals surface area contributed by atoms with E-state index in [1.165, 1.54) is 0 Å². The van der Waals surface area contributed by atoms with E-state index in [1.54, 1.807) is 6.20 Å². The second kappa shape index (κ2) is 6.77. The summed E-state index contributed by atoms with van der Waals surface area (Å²) in [5, 5.41) is 0. The van der Waals surface area contributed by atoms with Crippen LogP contribution in [0.4, 0.5) is 11.5 Å². The molecule has 0 spiro atoms. The molecule has 5 heteroatoms. The average molecular weight is 310 g/mol. The van der Waals surface area contributed by atoms with Gasteiger partial charge in [0, 0.05) is 44.9 Å². The van der Waals surface area contributed by atoms with E-state index >= 15 is 0 Å². The standard InChI is InChI=1S/C18H22N4O/c1-3-21(2)17-9-10-19-16(20-17)11-14-12-18(23)22(13-14)15-7-5-4-6-8-15/h4-10,14H,3,11-13H2,1-2H3/t14-/m1/s1. The summed E-state index contributed by atoms with van der Waals surface area (Å²) in [7, 11) is 2.02. The Labute approximate surface area is 137 Å². The van der Waals surface area contributed by atoms with E-state index in [0.29, 0.717) is 6.42 Å². The fourth-order valence-corrected chi connectivity index (χ4v) is 2.90. The Bertz CT molecular complexity index is 674. The smallest absolute Gasteiger partial charge is 0.227 e. The maximum atomic E-state index is 12.3. The topological polar surface area (TPSA) is 49.3 Å². The summed E-state index contributed by atoms with van der Waals surface area (Å²) in [4.78, 5) is 25.2. The van der Waals surface area contributed by atoms with E-state index in [1.807, 2.05) is 48.3 Å². The summed E-state index contributed by atoms with van der Waals surface area (Å²) < 4.78 is 0. The summed E-state index contributed by atoms with van der Waals surface area (Å²) >= 11 is 0. The first-order chi connectivity index (χ1) is 11.2. The molecule has 3 rings (SSSR count). The molecule has 1 atom stereocenters. The normalized spacial score (nSPS) is 17.6. The Morgan fingerprint density at radius 1 is 1.26 bits per heavy atom. The minimum Gasteiger partial charge on any atom is -0.360 e. The zero-order valence-electron chi connectivity index (χ0n) is 13.6. The molecule has 0 radical (unpaired) electrons. The third-order valence-corrected chi connectivity index (χ3v) is 4.30. The Hall–Kier alpha value is -2.43. The third-order valence-electron chi connectivity index (χ3n) is 4.30. The van der Waals surface area contributed by atoms with Crippen LogP contribution in [-0.2, 0) is 11.2 Å². The quantitative estimate of drug-likeness (QED) is 0.851. The lowest BCUT2D eigenvalue weighted by Gasteiger charge is -2.17. The maximum absolute atomic E-state index is 12.3. The van der Waals surface area contributed by atoms with Gasteiger partial charge in [-0.05, 0) is 31.0 Å². The molecule has 2 heterocycles. The molecule has 1 aromatic carbocycles. The molecule has 1 aliphatic heterocycles. The Morgan fingerprint density at radius 3 is 2.78 bits per heavy atom. The van der Waals surface area contributed by atoms with Crippen molar-refractivity contribution in [2.24, 2.45) is 5.92 Å². The van der Waals surface area contributed by atoms with Gasteiger partial charge in [0.05, 0.1) is 0 Å². The van der Waals surface area contributed by atoms with Crippen LogP contribution in [0.3, 0.4) is 0 Å². The van der Waals surface area contributed by atoms with Crippen LogP contribution in [0.5, 0.6) is 0 Å². The fourth-order valence-electron chi connectivity index (χ4n) is 2.90. The predicted octanol–water partition coefficient (Wildman–Crippen LogP) is 2.53. The molecule has 1 aromatic heterocycles. The number of rotatable bonds is 5. The number of anilines is 2. The molecule has 120 valence electrons. The highest BCUT2D eigenvalue weighted by molar-refractivity contribution is 5.95. The van der Waals surface area contributed by atoms with Gasteiger partial charge in [-0.3, -0.25) is 4.79 Å². The Balaban J connectivity index is 1.69. The highest BCUT2D eigenvalue weighted by Crippen LogP contribution is 2.26. The largest absolute Gasteiger partial charge is 0.360 e. The third kappa shape index (κ3) is 3.50. The number of nitrogens with zero attached hydrogens (tertiary/aromatic N) is 4. The summed E-state index contributed by atoms with van der Waals surface area (Å²) in [6.45, 7) is 3.73. The van der Waals surface area contributed by atoms with Gasteiger partial charge >= 0.3 is 0 Å². The number of para-hydroxylation sites is 1. The lowest BCUT2D eigenvalue weighted by Crippen LogP contribution is -2.24. The summed E-state index contributed by atoms with van der Waals surface area (Å²) in [5.41, 5.74) is 0.973. The number of amides is 1. The molecular formula is C18H22N4O. The highest BCUT2D eigenvalue weighted by atomic mass is 16.2. The van der Waals surface area contributed by atoms with E-state index in [0.717, 1.165) is 36.8 Å². The van der Waals surface area contributed by atoms with Crippen molar-refractivity contribution in [3.8, 4) is 0 Å². The van der Waals surface area contributed by atoms with E-state index in [-0.39, 0.29) is 11.8 Å². The van der Waals surface area contributed by atoms with Gasteiger partial charge in [0.15, 0.2) is 0 Å². The fraction of sp³-hybridized carbons (Fsp3) is 0.389. The van der Waals surface area contributed by atoms with Gasteiger partial charge in [-0.1, -0.05) is 18.2 Å². The van der Waals surface area contributed by atoms with Crippen molar-refractivity contribution in [2.45, 2.75) is 19.8 Å². The average Bonchev–Trinajstić information content (AvgIpc) is 2.95. The number of carbonyl (C=O) groups is 1. The molecule has 5 nitrogen and oxygen atoms in total. The minimum absolute atomic E-state index is 0.183. The predicted molar refractivity (Wildman–Crippen MR) is 91.6 cm³/mol. The number of benzene rings is 1. The lowest BCUT2D eigenvalue weighted by molar-refractivity contribution is -0.117. The van der Waals surface area contributed by atoms with Crippen LogP contribution in [0.15, 0.2) is 42.6 Å². The van der Waals surface area contributed by atoms with Crippen LogP contribution >= 0.6 is 0 Å². The second-order valence-corrected chi connectivity index (χ2v) is 5.96. The Morgan fingerprint density at radius 2 is 2.04 bits per heavy atom. The van der Waals surface area contributed by atoms with E-state index in [4.69, 9.17) is 0 Å². The molecule has 0 aliphatic carbocycles. The number of carbonyl (C=O) groups excluding carboxylic acids is 1. The van der Waals surface area contributed by atoms with Crippen LogP contribution in [0.1, 0.15) is 19.2 Å². The molecule has 2 aromatic rings. The molecule has 0 N–H and O–H groups in total. The SMILES string of the molecule is CCN(C)c1ccnc(C[C@@H]2CC(=O)N(c3ccccc3)C2)n1. The minimum atomic E-state index is 0.183. The monoisotopic (exact) mass is 310 g/mol. The zero-order chi connectivity index (χ0) is 16.2. The zero-order valence-corrected chi connectivity index (χ0v) is 13.6. The first kappa shape index (κ1) is 15.5. The van der Waals surface area contributed by atoms with Crippen molar-refractivity contribution in [3.05, 3.63) is 48.4 Å². The van der Waals surface area contributed by atoms with Crippen molar-refractivity contribution in [3.63, 3.8) is 0 Å². The Kier molecular flexibility index (Phi) is 4.55. The van der Waals surface area contributed by atoms with Gasteiger partial charge in [-0.25, -0.2) is 9.97 Å². The first-order valence-corrected chi connectivity index (χ1v) is 8.06. The van der Waals surface area contributed by atoms with Gasteiger partial charge in [0.25, 0.3) is 0 Å². The van der Waals surface area contributed by atoms with Crippen LogP contribution in [0.25, 0.3) is 0 Å². The maximum Gasteiger partial charge on any atom is 0.227 e. The van der Waals surface area contributed by atoms with Gasteiger partial charge < -0.3 is 9.80 Å². The van der Waals surface area contributed by atoms with Crippen LogP contribution in [0, 0.1) is 5.92 Å². The van der Waals surface area contributed by atoms with Crippen molar-refractivity contribution in [1.82, 2.24) is 9.97 Å². The molecule has 0 bridgehead atoms. The summed E-state index contributed by atoms with van der Waals surface area (Å²) in [5.74, 6) is 2.20. The number of hydrogen-bond acceptors (Lipinski definition) is 4. The van der Waals surface area contributed by atoms with E-state index in [9.17, 15) is 4.79 Å². The molecule has 1 saturated heterocycles. The molecular weight excluding hydrogens is 288 g/mol. The van der Waals surface area contributed by atoms with Crippen molar-refractivity contribution in [2.75, 3.05) is 29.9 Å².